The van der Waals surface area contributed by atoms with E-state index in [9.17, 15) is 0 Å². The molecular formula is C12H17Cl2NS. The predicted octanol–water partition coefficient (Wildman–Crippen LogP) is 4.68. The van der Waals surface area contributed by atoms with Crippen molar-refractivity contribution in [1.82, 2.24) is 5.32 Å². The topological polar surface area (TPSA) is 12.0 Å². The summed E-state index contributed by atoms with van der Waals surface area (Å²) in [6.07, 6.45) is 0. The lowest BCUT2D eigenvalue weighted by molar-refractivity contribution is 0.393. The quantitative estimate of drug-likeness (QED) is 0.487. The van der Waals surface area contributed by atoms with Crippen molar-refractivity contribution in [2.24, 2.45) is 5.41 Å². The van der Waals surface area contributed by atoms with Gasteiger partial charge in [0.15, 0.2) is 0 Å². The molecule has 0 saturated carbocycles. The van der Waals surface area contributed by atoms with Crippen molar-refractivity contribution in [3.8, 4) is 0 Å². The normalized spacial score (nSPS) is 11.8. The smallest absolute Gasteiger partial charge is 0.0557 e. The predicted molar refractivity (Wildman–Crippen MR) is 74.6 cm³/mol. The number of nitrogens with one attached hydrogen (secondary N) is 1. The molecule has 1 N–H and O–H groups in total. The zero-order chi connectivity index (χ0) is 12.2. The highest BCUT2D eigenvalue weighted by Crippen LogP contribution is 2.33. The van der Waals surface area contributed by atoms with Gasteiger partial charge in [-0.15, -0.1) is 11.8 Å². The Morgan fingerprint density at radius 1 is 1.19 bits per heavy atom. The van der Waals surface area contributed by atoms with E-state index >= 15 is 0 Å². The second-order valence-corrected chi connectivity index (χ2v) is 6.63. The molecule has 0 bridgehead atoms. The van der Waals surface area contributed by atoms with Crippen LogP contribution in [0.3, 0.4) is 0 Å². The van der Waals surface area contributed by atoms with Crippen molar-refractivity contribution in [3.05, 3.63) is 28.2 Å². The molecule has 0 amide bonds. The first kappa shape index (κ1) is 14.2. The van der Waals surface area contributed by atoms with Crippen molar-refractivity contribution in [2.75, 3.05) is 12.4 Å². The van der Waals surface area contributed by atoms with E-state index in [0.29, 0.717) is 5.41 Å². The van der Waals surface area contributed by atoms with Gasteiger partial charge < -0.3 is 5.32 Å². The Hall–Kier alpha value is 0.110. The molecule has 0 atom stereocenters. The zero-order valence-corrected chi connectivity index (χ0v) is 12.1. The fourth-order valence-corrected chi connectivity index (χ4v) is 2.65. The number of halogens is 2. The standard InChI is InChI=1S/C12H17Cl2NS/c1-12(2,3)7-15-8-16-11-9(13)5-4-6-10(11)14/h4-6,15H,7-8H2,1-3H3. The van der Waals surface area contributed by atoms with Crippen LogP contribution in [0.5, 0.6) is 0 Å². The molecule has 0 radical (unpaired) electrons. The number of rotatable bonds is 4. The van der Waals surface area contributed by atoms with Crippen molar-refractivity contribution >= 4 is 35.0 Å². The molecule has 90 valence electrons. The van der Waals surface area contributed by atoms with Gasteiger partial charge in [0, 0.05) is 17.3 Å². The number of benzene rings is 1. The van der Waals surface area contributed by atoms with Crippen molar-refractivity contribution in [2.45, 2.75) is 25.7 Å². The summed E-state index contributed by atoms with van der Waals surface area (Å²) in [6.45, 7) is 7.58. The molecule has 0 unspecified atom stereocenters. The fourth-order valence-electron chi connectivity index (χ4n) is 1.17. The van der Waals surface area contributed by atoms with Gasteiger partial charge in [-0.05, 0) is 17.5 Å². The molecule has 1 rings (SSSR count). The lowest BCUT2D eigenvalue weighted by Gasteiger charge is -2.18. The third kappa shape index (κ3) is 4.96. The molecule has 0 aliphatic heterocycles. The Labute approximate surface area is 112 Å². The lowest BCUT2D eigenvalue weighted by Crippen LogP contribution is -2.26. The van der Waals surface area contributed by atoms with Gasteiger partial charge in [-0.3, -0.25) is 0 Å². The van der Waals surface area contributed by atoms with E-state index in [0.717, 1.165) is 27.4 Å². The third-order valence-corrected chi connectivity index (χ3v) is 3.82. The maximum Gasteiger partial charge on any atom is 0.0557 e. The molecule has 1 nitrogen and oxygen atoms in total. The second-order valence-electron chi connectivity index (χ2n) is 4.83. The minimum absolute atomic E-state index is 0.296. The molecule has 0 fully saturated rings. The minimum Gasteiger partial charge on any atom is -0.307 e. The zero-order valence-electron chi connectivity index (χ0n) is 9.81. The van der Waals surface area contributed by atoms with Gasteiger partial charge in [0.2, 0.25) is 0 Å². The molecule has 1 aromatic rings. The first-order valence-electron chi connectivity index (χ1n) is 5.18. The molecule has 0 spiro atoms. The maximum absolute atomic E-state index is 6.07. The summed E-state index contributed by atoms with van der Waals surface area (Å²) < 4.78 is 0. The van der Waals surface area contributed by atoms with Crippen LogP contribution in [0.4, 0.5) is 0 Å². The SMILES string of the molecule is CC(C)(C)CNCSc1c(Cl)cccc1Cl. The van der Waals surface area contributed by atoms with E-state index in [2.05, 4.69) is 26.1 Å². The first-order chi connectivity index (χ1) is 7.40. The Bertz CT molecular complexity index is 327. The van der Waals surface area contributed by atoms with Crippen LogP contribution in [0.15, 0.2) is 23.1 Å². The van der Waals surface area contributed by atoms with E-state index in [1.165, 1.54) is 0 Å². The number of hydrogen-bond donors (Lipinski definition) is 1. The molecule has 0 saturated heterocycles. The van der Waals surface area contributed by atoms with Crippen LogP contribution in [-0.2, 0) is 0 Å². The van der Waals surface area contributed by atoms with Crippen molar-refractivity contribution in [3.63, 3.8) is 0 Å². The molecule has 0 heterocycles. The largest absolute Gasteiger partial charge is 0.307 e. The molecule has 1 aromatic carbocycles. The highest BCUT2D eigenvalue weighted by atomic mass is 35.5. The molecule has 16 heavy (non-hydrogen) atoms. The van der Waals surface area contributed by atoms with Crippen LogP contribution < -0.4 is 5.32 Å². The molecular weight excluding hydrogens is 261 g/mol. The number of hydrogen-bond acceptors (Lipinski definition) is 2. The van der Waals surface area contributed by atoms with Gasteiger partial charge in [0.25, 0.3) is 0 Å². The summed E-state index contributed by atoms with van der Waals surface area (Å²) in [5, 5.41) is 4.81. The van der Waals surface area contributed by atoms with Crippen LogP contribution in [0.25, 0.3) is 0 Å². The Balaban J connectivity index is 2.43. The Morgan fingerprint density at radius 3 is 2.25 bits per heavy atom. The molecule has 4 heteroatoms. The van der Waals surface area contributed by atoms with E-state index in [4.69, 9.17) is 23.2 Å². The van der Waals surface area contributed by atoms with Crippen molar-refractivity contribution in [1.29, 1.82) is 0 Å². The van der Waals surface area contributed by atoms with Crippen LogP contribution in [-0.4, -0.2) is 12.4 Å². The van der Waals surface area contributed by atoms with Gasteiger partial charge >= 0.3 is 0 Å². The van der Waals surface area contributed by atoms with Crippen LogP contribution >= 0.6 is 35.0 Å². The average Bonchev–Trinajstić information content (AvgIpc) is 2.14. The van der Waals surface area contributed by atoms with Gasteiger partial charge in [-0.25, -0.2) is 0 Å². The highest BCUT2D eigenvalue weighted by molar-refractivity contribution is 7.99. The van der Waals surface area contributed by atoms with E-state index in [-0.39, 0.29) is 0 Å². The first-order valence-corrected chi connectivity index (χ1v) is 6.92. The average molecular weight is 278 g/mol. The third-order valence-electron chi connectivity index (χ3n) is 1.89. The lowest BCUT2D eigenvalue weighted by atomic mass is 9.97. The van der Waals surface area contributed by atoms with Crippen LogP contribution in [0.2, 0.25) is 10.0 Å². The minimum atomic E-state index is 0.296. The van der Waals surface area contributed by atoms with E-state index in [1.54, 1.807) is 11.8 Å². The number of thioether (sulfide) groups is 1. The fraction of sp³-hybridized carbons (Fsp3) is 0.500. The summed E-state index contributed by atoms with van der Waals surface area (Å²) in [7, 11) is 0. The molecule has 0 aliphatic rings. The highest BCUT2D eigenvalue weighted by Gasteiger charge is 2.10. The van der Waals surface area contributed by atoms with Gasteiger partial charge in [-0.2, -0.15) is 0 Å². The summed E-state index contributed by atoms with van der Waals surface area (Å²) in [5.41, 5.74) is 0.296. The second kappa shape index (κ2) is 6.15. The van der Waals surface area contributed by atoms with Gasteiger partial charge in [0.1, 0.15) is 0 Å². The van der Waals surface area contributed by atoms with Gasteiger partial charge in [-0.1, -0.05) is 50.0 Å². The van der Waals surface area contributed by atoms with Crippen molar-refractivity contribution < 1.29 is 0 Å². The molecule has 0 aliphatic carbocycles. The summed E-state index contributed by atoms with van der Waals surface area (Å²) >= 11 is 13.8. The summed E-state index contributed by atoms with van der Waals surface area (Å²) in [4.78, 5) is 0.951. The van der Waals surface area contributed by atoms with E-state index in [1.807, 2.05) is 18.2 Å². The maximum atomic E-state index is 6.07. The summed E-state index contributed by atoms with van der Waals surface area (Å²) in [6, 6.07) is 5.58. The van der Waals surface area contributed by atoms with Crippen LogP contribution in [0.1, 0.15) is 20.8 Å². The monoisotopic (exact) mass is 277 g/mol. The Kier molecular flexibility index (Phi) is 5.45. The van der Waals surface area contributed by atoms with E-state index < -0.39 is 0 Å². The summed E-state index contributed by atoms with van der Waals surface area (Å²) in [5.74, 6) is 0.820. The molecule has 0 aromatic heterocycles. The Morgan fingerprint density at radius 2 is 1.75 bits per heavy atom. The van der Waals surface area contributed by atoms with Gasteiger partial charge in [0.05, 0.1) is 10.0 Å². The van der Waals surface area contributed by atoms with Crippen LogP contribution in [0, 0.1) is 5.41 Å².